The second-order valence-electron chi connectivity index (χ2n) is 6.63. The third kappa shape index (κ3) is 2.63. The van der Waals surface area contributed by atoms with Gasteiger partial charge in [-0.3, -0.25) is 4.68 Å². The van der Waals surface area contributed by atoms with Crippen LogP contribution >= 0.6 is 0 Å². The Balaban J connectivity index is 1.61. The average molecular weight is 352 g/mol. The summed E-state index contributed by atoms with van der Waals surface area (Å²) >= 11 is 0. The van der Waals surface area contributed by atoms with Crippen LogP contribution in [0.2, 0.25) is 0 Å². The van der Waals surface area contributed by atoms with Gasteiger partial charge in [0.05, 0.1) is 30.0 Å². The van der Waals surface area contributed by atoms with Crippen molar-refractivity contribution in [3.63, 3.8) is 0 Å². The van der Waals surface area contributed by atoms with Gasteiger partial charge in [-0.05, 0) is 13.3 Å². The van der Waals surface area contributed by atoms with Gasteiger partial charge < -0.3 is 15.1 Å². The minimum Gasteiger partial charge on any atom is -0.348 e. The number of anilines is 1. The van der Waals surface area contributed by atoms with Crippen LogP contribution in [0.15, 0.2) is 18.6 Å². The van der Waals surface area contributed by atoms with E-state index in [-0.39, 0.29) is 18.1 Å². The van der Waals surface area contributed by atoms with Crippen molar-refractivity contribution in [3.05, 3.63) is 24.2 Å². The van der Waals surface area contributed by atoms with E-state index in [1.807, 2.05) is 25.1 Å². The Labute approximate surface area is 151 Å². The van der Waals surface area contributed by atoms with E-state index in [9.17, 15) is 10.1 Å². The highest BCUT2D eigenvalue weighted by atomic mass is 16.2. The van der Waals surface area contributed by atoms with Crippen LogP contribution in [0.4, 0.5) is 10.6 Å². The fraction of sp³-hybridized carbons (Fsp3) is 0.471. The first-order valence-corrected chi connectivity index (χ1v) is 8.68. The summed E-state index contributed by atoms with van der Waals surface area (Å²) in [5.74, 6) is 1.19. The molecule has 4 heterocycles. The van der Waals surface area contributed by atoms with E-state index in [1.54, 1.807) is 17.1 Å². The third-order valence-corrected chi connectivity index (χ3v) is 4.95. The number of carbonyl (C=O) groups excluding carboxylic acids is 1. The summed E-state index contributed by atoms with van der Waals surface area (Å²) in [6, 6.07) is 2.50. The van der Waals surface area contributed by atoms with E-state index in [4.69, 9.17) is 0 Å². The smallest absolute Gasteiger partial charge is 0.317 e. The lowest BCUT2D eigenvalue weighted by atomic mass is 10.2. The van der Waals surface area contributed by atoms with Gasteiger partial charge in [0.25, 0.3) is 0 Å². The first kappa shape index (κ1) is 16.3. The molecule has 2 aromatic heterocycles. The number of nitrogens with zero attached hydrogens (tertiary/aromatic N) is 7. The Bertz CT molecular complexity index is 885. The van der Waals surface area contributed by atoms with Gasteiger partial charge in [0.2, 0.25) is 0 Å². The Morgan fingerprint density at radius 2 is 2.23 bits per heavy atom. The van der Waals surface area contributed by atoms with Crippen LogP contribution in [-0.4, -0.2) is 62.4 Å². The topological polar surface area (TPSA) is 103 Å². The van der Waals surface area contributed by atoms with Gasteiger partial charge in [0, 0.05) is 32.9 Å². The van der Waals surface area contributed by atoms with E-state index < -0.39 is 0 Å². The zero-order valence-corrected chi connectivity index (χ0v) is 14.8. The number of hydrogen-bond donors (Lipinski definition) is 1. The molecule has 2 atom stereocenters. The molecule has 2 aliphatic heterocycles. The molecule has 0 unspecified atom stereocenters. The van der Waals surface area contributed by atoms with Crippen LogP contribution in [0.25, 0.3) is 11.4 Å². The van der Waals surface area contributed by atoms with Crippen LogP contribution in [-0.2, 0) is 7.05 Å². The number of amides is 2. The summed E-state index contributed by atoms with van der Waals surface area (Å²) in [7, 11) is 1.84. The van der Waals surface area contributed by atoms with Crippen molar-refractivity contribution >= 4 is 11.8 Å². The SMILES string of the molecule is CCNC(=O)N1C[C@@H]2C[C@H]1CN2c1nc(-c2cnn(C)c2)ncc1C#N. The largest absolute Gasteiger partial charge is 0.348 e. The maximum Gasteiger partial charge on any atom is 0.317 e. The molecule has 2 aliphatic rings. The summed E-state index contributed by atoms with van der Waals surface area (Å²) in [5.41, 5.74) is 1.27. The lowest BCUT2D eigenvalue weighted by molar-refractivity contribution is 0.189. The number of aromatic nitrogens is 4. The van der Waals surface area contributed by atoms with Gasteiger partial charge in [0.1, 0.15) is 11.6 Å². The minimum atomic E-state index is -0.0149. The van der Waals surface area contributed by atoms with Gasteiger partial charge >= 0.3 is 6.03 Å². The molecule has 1 N–H and O–H groups in total. The first-order chi connectivity index (χ1) is 12.6. The molecular weight excluding hydrogens is 332 g/mol. The van der Waals surface area contributed by atoms with Crippen molar-refractivity contribution < 1.29 is 4.79 Å². The van der Waals surface area contributed by atoms with Crippen LogP contribution < -0.4 is 10.2 Å². The molecule has 4 rings (SSSR count). The Morgan fingerprint density at radius 1 is 1.38 bits per heavy atom. The number of rotatable bonds is 3. The number of fused-ring (bicyclic) bond motifs is 2. The number of nitrogens with one attached hydrogen (secondary N) is 1. The van der Waals surface area contributed by atoms with Crippen molar-refractivity contribution in [3.8, 4) is 17.5 Å². The molecular formula is C17H20N8O. The van der Waals surface area contributed by atoms with E-state index in [0.717, 1.165) is 12.0 Å². The number of aryl methyl sites for hydroxylation is 1. The standard InChI is InChI=1S/C17H20N8O/c1-3-19-17(26)25-10-13-4-14(25)9-24(13)16-11(5-18)6-20-15(22-16)12-7-21-23(2)8-12/h6-8,13-14H,3-4,9-10H2,1-2H3,(H,19,26)/t13-,14-/m0/s1. The summed E-state index contributed by atoms with van der Waals surface area (Å²) < 4.78 is 1.69. The molecule has 26 heavy (non-hydrogen) atoms. The zero-order valence-electron chi connectivity index (χ0n) is 14.8. The fourth-order valence-electron chi connectivity index (χ4n) is 3.77. The molecule has 0 spiro atoms. The highest BCUT2D eigenvalue weighted by Gasteiger charge is 2.46. The summed E-state index contributed by atoms with van der Waals surface area (Å²) in [6.07, 6.45) is 6.02. The highest BCUT2D eigenvalue weighted by molar-refractivity contribution is 5.76. The Kier molecular flexibility index (Phi) is 3.95. The van der Waals surface area contributed by atoms with Gasteiger partial charge in [-0.25, -0.2) is 14.8 Å². The number of piperazine rings is 1. The third-order valence-electron chi connectivity index (χ3n) is 4.95. The predicted octanol–water partition coefficient (Wildman–Crippen LogP) is 0.741. The second kappa shape index (κ2) is 6.29. The van der Waals surface area contributed by atoms with Gasteiger partial charge in [-0.2, -0.15) is 10.4 Å². The normalized spacial score (nSPS) is 21.1. The summed E-state index contributed by atoms with van der Waals surface area (Å²) in [4.78, 5) is 25.1. The lowest BCUT2D eigenvalue weighted by Gasteiger charge is -2.35. The quantitative estimate of drug-likeness (QED) is 0.874. The molecule has 2 saturated heterocycles. The summed E-state index contributed by atoms with van der Waals surface area (Å²) in [5, 5.41) is 16.5. The molecule has 0 saturated carbocycles. The first-order valence-electron chi connectivity index (χ1n) is 8.68. The van der Waals surface area contributed by atoms with Gasteiger partial charge in [-0.15, -0.1) is 0 Å². The van der Waals surface area contributed by atoms with E-state index in [0.29, 0.717) is 36.8 Å². The highest BCUT2D eigenvalue weighted by Crippen LogP contribution is 2.35. The fourth-order valence-corrected chi connectivity index (χ4v) is 3.77. The second-order valence-corrected chi connectivity index (χ2v) is 6.63. The Hall–Kier alpha value is -3.15. The maximum atomic E-state index is 12.2. The van der Waals surface area contributed by atoms with Crippen LogP contribution in [0, 0.1) is 11.3 Å². The van der Waals surface area contributed by atoms with Crippen molar-refractivity contribution in [2.24, 2.45) is 7.05 Å². The van der Waals surface area contributed by atoms with E-state index >= 15 is 0 Å². The van der Waals surface area contributed by atoms with E-state index in [2.05, 4.69) is 31.4 Å². The van der Waals surface area contributed by atoms with Crippen LogP contribution in [0.1, 0.15) is 18.9 Å². The number of carbonyl (C=O) groups is 1. The number of urea groups is 1. The molecule has 2 amide bonds. The van der Waals surface area contributed by atoms with Crippen LogP contribution in [0.3, 0.4) is 0 Å². The van der Waals surface area contributed by atoms with Crippen molar-refractivity contribution in [1.29, 1.82) is 5.26 Å². The average Bonchev–Trinajstić information content (AvgIpc) is 3.36. The van der Waals surface area contributed by atoms with Gasteiger partial charge in [-0.1, -0.05) is 0 Å². The molecule has 0 aromatic carbocycles. The monoisotopic (exact) mass is 352 g/mol. The molecule has 0 radical (unpaired) electrons. The molecule has 9 nitrogen and oxygen atoms in total. The zero-order chi connectivity index (χ0) is 18.3. The van der Waals surface area contributed by atoms with E-state index in [1.165, 1.54) is 0 Å². The predicted molar refractivity (Wildman–Crippen MR) is 94.3 cm³/mol. The molecule has 2 bridgehead atoms. The summed E-state index contributed by atoms with van der Waals surface area (Å²) in [6.45, 7) is 3.86. The van der Waals surface area contributed by atoms with Crippen molar-refractivity contribution in [1.82, 2.24) is 30.0 Å². The lowest BCUT2D eigenvalue weighted by Crippen LogP contribution is -2.52. The number of likely N-dealkylation sites (tertiary alicyclic amines) is 1. The maximum absolute atomic E-state index is 12.2. The molecule has 2 fully saturated rings. The van der Waals surface area contributed by atoms with Crippen LogP contribution in [0.5, 0.6) is 0 Å². The van der Waals surface area contributed by atoms with Crippen molar-refractivity contribution in [2.45, 2.75) is 25.4 Å². The molecule has 134 valence electrons. The Morgan fingerprint density at radius 3 is 2.85 bits per heavy atom. The van der Waals surface area contributed by atoms with Gasteiger partial charge in [0.15, 0.2) is 11.6 Å². The molecule has 0 aliphatic carbocycles. The molecule has 9 heteroatoms. The van der Waals surface area contributed by atoms with Crippen molar-refractivity contribution in [2.75, 3.05) is 24.5 Å². The number of nitriles is 1. The molecule has 2 aromatic rings. The number of hydrogen-bond acceptors (Lipinski definition) is 6. The minimum absolute atomic E-state index is 0.0149.